The van der Waals surface area contributed by atoms with Crippen LogP contribution in [0, 0.1) is 0 Å². The summed E-state index contributed by atoms with van der Waals surface area (Å²) in [4.78, 5) is 0. The third-order valence-corrected chi connectivity index (χ3v) is 3.05. The highest BCUT2D eigenvalue weighted by molar-refractivity contribution is 9.10. The van der Waals surface area contributed by atoms with Gasteiger partial charge in [0.05, 0.1) is 11.6 Å². The van der Waals surface area contributed by atoms with E-state index in [2.05, 4.69) is 15.9 Å². The molecule has 1 rings (SSSR count). The van der Waals surface area contributed by atoms with Crippen molar-refractivity contribution < 1.29 is 14.8 Å². The number of hydrogen-bond donors (Lipinski definition) is 2. The lowest BCUT2D eigenvalue weighted by molar-refractivity contribution is 0.339. The van der Waals surface area contributed by atoms with Crippen LogP contribution in [-0.2, 0) is 0 Å². The minimum Gasteiger partial charge on any atom is -0.494 e. The first kappa shape index (κ1) is 11.8. The molecule has 0 radical (unpaired) electrons. The highest BCUT2D eigenvalue weighted by atomic mass is 79.9. The highest BCUT2D eigenvalue weighted by Crippen LogP contribution is 2.25. The van der Waals surface area contributed by atoms with Crippen LogP contribution < -0.4 is 10.2 Å². The summed E-state index contributed by atoms with van der Waals surface area (Å²) < 4.78 is 5.67. The van der Waals surface area contributed by atoms with Crippen molar-refractivity contribution in [1.29, 1.82) is 0 Å². The van der Waals surface area contributed by atoms with E-state index in [1.807, 2.05) is 6.92 Å². The zero-order chi connectivity index (χ0) is 10.7. The van der Waals surface area contributed by atoms with Crippen LogP contribution in [0.15, 0.2) is 16.6 Å². The second kappa shape index (κ2) is 5.02. The molecule has 0 spiro atoms. The summed E-state index contributed by atoms with van der Waals surface area (Å²) in [7, 11) is -1.61. The maximum atomic E-state index is 9.12. The average molecular weight is 279 g/mol. The minimum atomic E-state index is -1.61. The number of ether oxygens (including phenoxy) is 1. The van der Waals surface area contributed by atoms with E-state index in [4.69, 9.17) is 26.4 Å². The van der Waals surface area contributed by atoms with Gasteiger partial charge in [-0.05, 0) is 35.0 Å². The van der Waals surface area contributed by atoms with Crippen molar-refractivity contribution in [1.82, 2.24) is 0 Å². The average Bonchev–Trinajstić information content (AvgIpc) is 2.11. The van der Waals surface area contributed by atoms with E-state index in [-0.39, 0.29) is 5.46 Å². The SMILES string of the molecule is CCOc1ccc(Cl)c(Br)c1B(O)O. The number of halogens is 2. The summed E-state index contributed by atoms with van der Waals surface area (Å²) in [6.45, 7) is 2.27. The lowest BCUT2D eigenvalue weighted by Crippen LogP contribution is -2.32. The van der Waals surface area contributed by atoms with E-state index in [1.54, 1.807) is 12.1 Å². The zero-order valence-electron chi connectivity index (χ0n) is 7.50. The number of hydrogen-bond acceptors (Lipinski definition) is 3. The summed E-state index contributed by atoms with van der Waals surface area (Å²) in [5.74, 6) is 0.416. The molecule has 0 saturated carbocycles. The summed E-state index contributed by atoms with van der Waals surface area (Å²) in [5.41, 5.74) is 0.249. The molecule has 1 aromatic rings. The van der Waals surface area contributed by atoms with Crippen LogP contribution in [0.5, 0.6) is 5.75 Å². The molecule has 2 N–H and O–H groups in total. The fourth-order valence-corrected chi connectivity index (χ4v) is 1.77. The molecule has 0 aliphatic rings. The smallest absolute Gasteiger partial charge is 0.493 e. The fourth-order valence-electron chi connectivity index (χ4n) is 1.07. The van der Waals surface area contributed by atoms with Gasteiger partial charge in [0, 0.05) is 9.94 Å². The Morgan fingerprint density at radius 1 is 1.50 bits per heavy atom. The Balaban J connectivity index is 3.23. The van der Waals surface area contributed by atoms with Gasteiger partial charge in [0.2, 0.25) is 0 Å². The predicted octanol–water partition coefficient (Wildman–Crippen LogP) is 1.18. The Bertz CT molecular complexity index is 333. The largest absolute Gasteiger partial charge is 0.494 e. The molecule has 14 heavy (non-hydrogen) atoms. The first-order valence-electron chi connectivity index (χ1n) is 4.04. The fraction of sp³-hybridized carbons (Fsp3) is 0.250. The van der Waals surface area contributed by atoms with Crippen LogP contribution in [0.2, 0.25) is 5.02 Å². The van der Waals surface area contributed by atoms with Crippen molar-refractivity contribution in [2.75, 3.05) is 6.61 Å². The molecule has 0 bridgehead atoms. The van der Waals surface area contributed by atoms with Crippen molar-refractivity contribution in [3.05, 3.63) is 21.6 Å². The summed E-state index contributed by atoms with van der Waals surface area (Å²) in [6.07, 6.45) is 0. The zero-order valence-corrected chi connectivity index (χ0v) is 9.84. The maximum Gasteiger partial charge on any atom is 0.493 e. The van der Waals surface area contributed by atoms with Crippen LogP contribution >= 0.6 is 27.5 Å². The molecule has 0 aliphatic carbocycles. The molecule has 0 aromatic heterocycles. The Labute approximate surface area is 95.9 Å². The van der Waals surface area contributed by atoms with Gasteiger partial charge in [0.15, 0.2) is 0 Å². The van der Waals surface area contributed by atoms with Crippen molar-refractivity contribution >= 4 is 40.1 Å². The molecule has 3 nitrogen and oxygen atoms in total. The molecular weight excluding hydrogens is 270 g/mol. The third-order valence-electron chi connectivity index (χ3n) is 1.65. The van der Waals surface area contributed by atoms with E-state index in [0.717, 1.165) is 0 Å². The van der Waals surface area contributed by atoms with Crippen molar-refractivity contribution in [3.8, 4) is 5.75 Å². The quantitative estimate of drug-likeness (QED) is 0.817. The number of rotatable bonds is 3. The first-order chi connectivity index (χ1) is 6.57. The van der Waals surface area contributed by atoms with Gasteiger partial charge in [0.25, 0.3) is 0 Å². The van der Waals surface area contributed by atoms with Gasteiger partial charge in [-0.1, -0.05) is 11.6 Å². The molecule has 6 heteroatoms. The summed E-state index contributed by atoms with van der Waals surface area (Å²) >= 11 is 8.98. The summed E-state index contributed by atoms with van der Waals surface area (Å²) in [6, 6.07) is 3.23. The van der Waals surface area contributed by atoms with Gasteiger partial charge in [-0.15, -0.1) is 0 Å². The molecular formula is C8H9BBrClO3. The van der Waals surface area contributed by atoms with Crippen LogP contribution in [0.1, 0.15) is 6.92 Å². The lowest BCUT2D eigenvalue weighted by Gasteiger charge is -2.12. The monoisotopic (exact) mass is 278 g/mol. The Hall–Kier alpha value is -0.225. The minimum absolute atomic E-state index is 0.249. The highest BCUT2D eigenvalue weighted by Gasteiger charge is 2.22. The molecule has 0 fully saturated rings. The first-order valence-corrected chi connectivity index (χ1v) is 5.21. The van der Waals surface area contributed by atoms with Crippen molar-refractivity contribution in [2.45, 2.75) is 6.92 Å². The van der Waals surface area contributed by atoms with E-state index in [0.29, 0.717) is 21.9 Å². The predicted molar refractivity (Wildman–Crippen MR) is 60.1 cm³/mol. The van der Waals surface area contributed by atoms with Crippen molar-refractivity contribution in [2.24, 2.45) is 0 Å². The molecule has 0 atom stereocenters. The Morgan fingerprint density at radius 3 is 2.64 bits per heavy atom. The second-order valence-corrected chi connectivity index (χ2v) is 3.78. The van der Waals surface area contributed by atoms with E-state index in [1.165, 1.54) is 0 Å². The van der Waals surface area contributed by atoms with Gasteiger partial charge in [0.1, 0.15) is 5.75 Å². The second-order valence-electron chi connectivity index (χ2n) is 2.58. The Kier molecular flexibility index (Phi) is 4.25. The molecule has 0 saturated heterocycles. The molecule has 0 amide bonds. The van der Waals surface area contributed by atoms with Gasteiger partial charge >= 0.3 is 7.12 Å². The summed E-state index contributed by atoms with van der Waals surface area (Å²) in [5, 5.41) is 18.7. The normalized spacial score (nSPS) is 10.1. The maximum absolute atomic E-state index is 9.12. The molecule has 0 unspecified atom stereocenters. The van der Waals surface area contributed by atoms with Crippen molar-refractivity contribution in [3.63, 3.8) is 0 Å². The molecule has 0 heterocycles. The third kappa shape index (κ3) is 2.42. The van der Waals surface area contributed by atoms with Gasteiger partial charge in [-0.3, -0.25) is 0 Å². The number of benzene rings is 1. The Morgan fingerprint density at radius 2 is 2.14 bits per heavy atom. The van der Waals surface area contributed by atoms with E-state index < -0.39 is 7.12 Å². The topological polar surface area (TPSA) is 49.7 Å². The lowest BCUT2D eigenvalue weighted by atomic mass is 9.79. The van der Waals surface area contributed by atoms with E-state index in [9.17, 15) is 0 Å². The van der Waals surface area contributed by atoms with Gasteiger partial charge < -0.3 is 14.8 Å². The van der Waals surface area contributed by atoms with E-state index >= 15 is 0 Å². The standard InChI is InChI=1S/C8H9BBrClO3/c1-2-14-6-4-3-5(11)8(10)7(6)9(12)13/h3-4,12-13H,2H2,1H3. The molecule has 1 aromatic carbocycles. The van der Waals surface area contributed by atoms with Crippen LogP contribution in [0.3, 0.4) is 0 Å². The van der Waals surface area contributed by atoms with Gasteiger partial charge in [-0.25, -0.2) is 0 Å². The van der Waals surface area contributed by atoms with Gasteiger partial charge in [-0.2, -0.15) is 0 Å². The van der Waals surface area contributed by atoms with Crippen LogP contribution in [-0.4, -0.2) is 23.8 Å². The van der Waals surface area contributed by atoms with Crippen LogP contribution in [0.4, 0.5) is 0 Å². The molecule has 76 valence electrons. The molecule has 0 aliphatic heterocycles. The van der Waals surface area contributed by atoms with Crippen LogP contribution in [0.25, 0.3) is 0 Å².